The first-order valence-electron chi connectivity index (χ1n) is 47.5. The summed E-state index contributed by atoms with van der Waals surface area (Å²) in [6.45, 7) is 22.3. The number of hydrogen-bond donors (Lipinski definition) is 8. The van der Waals surface area contributed by atoms with Crippen LogP contribution in [0.3, 0.4) is 0 Å². The number of nitrogens with two attached hydrogens (primary N) is 3. The van der Waals surface area contributed by atoms with Crippen LogP contribution in [-0.2, 0) is 108 Å². The maximum atomic E-state index is 12.8. The van der Waals surface area contributed by atoms with Gasteiger partial charge in [0, 0.05) is 58.0 Å². The van der Waals surface area contributed by atoms with Gasteiger partial charge in [-0.2, -0.15) is 38.8 Å². The van der Waals surface area contributed by atoms with Crippen molar-refractivity contribution >= 4 is 122 Å². The zero-order valence-electron chi connectivity index (χ0n) is 82.1. The molecule has 48 nitrogen and oxygen atoms in total. The van der Waals surface area contributed by atoms with Crippen molar-refractivity contribution in [3.05, 3.63) is 192 Å². The molecular weight excluding hydrogens is 1960 g/mol. The molecule has 0 aliphatic carbocycles. The molecule has 0 radical (unpaired) electrons. The predicted octanol–water partition coefficient (Wildman–Crippen LogP) is 10.2. The van der Waals surface area contributed by atoms with Crippen molar-refractivity contribution in [2.45, 2.75) is 264 Å². The van der Waals surface area contributed by atoms with Gasteiger partial charge in [-0.3, -0.25) is 49.0 Å². The van der Waals surface area contributed by atoms with Crippen molar-refractivity contribution < 1.29 is 104 Å². The number of ether oxygens (including phenoxy) is 2. The molecule has 10 aliphatic heterocycles. The number of guanidine groups is 1. The molecule has 18 rings (SSSR count). The van der Waals surface area contributed by atoms with Gasteiger partial charge in [0.1, 0.15) is 79.8 Å². The Labute approximate surface area is 849 Å². The van der Waals surface area contributed by atoms with E-state index in [4.69, 9.17) is 50.0 Å². The molecule has 145 heavy (non-hydrogen) atoms. The number of nitrogens with one attached hydrogen (secondary N) is 3. The van der Waals surface area contributed by atoms with E-state index < -0.39 is 63.9 Å². The number of ketones is 1. The Hall–Kier alpha value is -13.4. The summed E-state index contributed by atoms with van der Waals surface area (Å²) in [5.41, 5.74) is 15.2. The van der Waals surface area contributed by atoms with Gasteiger partial charge in [-0.1, -0.05) is 183 Å². The van der Waals surface area contributed by atoms with E-state index in [1.165, 1.54) is 48.3 Å². The van der Waals surface area contributed by atoms with Crippen LogP contribution in [0.15, 0.2) is 150 Å². The summed E-state index contributed by atoms with van der Waals surface area (Å²) < 4.78 is 46.3. The van der Waals surface area contributed by atoms with Gasteiger partial charge < -0.3 is 55.9 Å². The summed E-state index contributed by atoms with van der Waals surface area (Å²) in [6.07, 6.45) is 11.2. The number of piperidine rings is 5. The minimum Gasteiger partial charge on any atom is -0.480 e. The van der Waals surface area contributed by atoms with E-state index in [2.05, 4.69) is 80.3 Å². The number of aliphatic carboxylic acids is 1. The number of aromatic nitrogens is 8. The molecule has 8 aromatic rings. The third-order valence-corrected chi connectivity index (χ3v) is 27.5. The van der Waals surface area contributed by atoms with E-state index in [9.17, 15) is 61.2 Å². The number of urea groups is 5. The van der Waals surface area contributed by atoms with Crippen LogP contribution < -0.4 is 33.4 Å². The summed E-state index contributed by atoms with van der Waals surface area (Å²) in [5.74, 6) is 3.16. The Morgan fingerprint density at radius 3 is 1.19 bits per heavy atom. The zero-order valence-corrected chi connectivity index (χ0v) is 85.4. The minimum absolute atomic E-state index is 0.0194. The summed E-state index contributed by atoms with van der Waals surface area (Å²) >= 11 is 4.50. The lowest BCUT2D eigenvalue weighted by atomic mass is 10.0. The summed E-state index contributed by atoms with van der Waals surface area (Å²) in [5, 5.41) is 54.8. The van der Waals surface area contributed by atoms with E-state index in [0.29, 0.717) is 119 Å². The van der Waals surface area contributed by atoms with Crippen LogP contribution in [0.1, 0.15) is 217 Å². The van der Waals surface area contributed by atoms with Gasteiger partial charge in [0.15, 0.2) is 11.7 Å². The number of carbonyl (C=O) groups is 11. The number of carboxylic acids is 1. The van der Waals surface area contributed by atoms with Crippen molar-refractivity contribution in [2.75, 3.05) is 39.3 Å². The molecule has 14 amide bonds. The number of benzene rings is 4. The molecule has 4 aromatic carbocycles. The molecule has 10 bridgehead atoms. The highest BCUT2D eigenvalue weighted by Gasteiger charge is 2.53. The summed E-state index contributed by atoms with van der Waals surface area (Å²) in [7, 11) is -4.76. The van der Waals surface area contributed by atoms with E-state index in [0.717, 1.165) is 80.8 Å². The largest absolute Gasteiger partial charge is 0.480 e. The molecule has 0 spiro atoms. The number of nitrogens with zero attached hydrogens (tertiary/aromatic N) is 20. The topological polar surface area (TPSA) is 593 Å². The van der Waals surface area contributed by atoms with Crippen molar-refractivity contribution in [1.82, 2.24) is 106 Å². The fraction of sp³-hybridized carbons (Fsp3) is 0.505. The number of aryl methyl sites for hydroxylation is 2. The maximum absolute atomic E-state index is 12.8. The number of carboxylic acid groups (broad SMARTS) is 1. The molecule has 14 heterocycles. The van der Waals surface area contributed by atoms with Crippen molar-refractivity contribution in [3.8, 4) is 0 Å². The molecule has 10 aliphatic rings. The quantitative estimate of drug-likeness (QED) is 0.00592. The van der Waals surface area contributed by atoms with Crippen LogP contribution in [0.4, 0.5) is 33.6 Å². The highest BCUT2D eigenvalue weighted by Crippen LogP contribution is 2.44. The van der Waals surface area contributed by atoms with Gasteiger partial charge in [-0.25, -0.2) is 53.9 Å². The van der Waals surface area contributed by atoms with Crippen LogP contribution in [-0.4, -0.2) is 279 Å². The first-order valence-corrected chi connectivity index (χ1v) is 51.3. The number of fused-ring (bicyclic) bond motifs is 10. The van der Waals surface area contributed by atoms with Crippen LogP contribution in [0, 0.1) is 0 Å². The van der Waals surface area contributed by atoms with Crippen molar-refractivity contribution in [3.63, 3.8) is 0 Å². The number of alkyl carbamates (subject to hydrolysis) is 1. The zero-order chi connectivity index (χ0) is 104. The molecule has 11 N–H and O–H groups in total. The molecule has 10 fully saturated rings. The fourth-order valence-corrected chi connectivity index (χ4v) is 19.9. The standard InChI is InChI=1S/C18H23N3O4.2C17H20N4O2S.C14H22N4O4.C14H16N2O4.C10H15N7O5S2.C3H8N2O/c1-2-15(22)10-19-17(23)16-9-8-14-11-20(16)18(24)21(14)25-12-13-6-4-3-5-7-13;2*1-2-15-18-19-16(24-15)14-9-8-13-10-20(14)17(22)21(13)23-11-12-6-4-3-5-7-12;1-13(2,3)21-11(19)16-10(18-9-7-8-15-18)17-12(20)22-14(4,5)6;17-13(18)12-7-6-11-8-15(12)14(19)16(11)20-9-10-4-2-1-3-5-10;11-9(12)13-3-7-14-15-8(23-7)6-2-1-5-4-16(6)10(18)17(5)22-24(19,20)21;1-2-3(6)5-4/h3-7,14,16H,2,8-12H2,1H3,(H,19,23);2*3-7,13-14H,2,8-11H2,1H3;7-9H,1-6H3,(H,16,17,19,20);1-5,11-12H,6-9H2,(H,17,18);5-6H,1-4H2,(H4,11,12,13)(H,19,20,21);2,4H2,1H3,(H,5,6)/t14-,16+;2*13-,14+;;11-,12+;5-,6+;/m111.11./s1. The van der Waals surface area contributed by atoms with Crippen LogP contribution in [0.2, 0.25) is 0 Å². The Kier molecular flexibility index (Phi) is 39.1. The Balaban J connectivity index is 0.000000153. The fourth-order valence-electron chi connectivity index (χ4n) is 16.7. The number of hydroxylamine groups is 10. The molecular formula is C93H124N26O22S4. The highest BCUT2D eigenvalue weighted by atomic mass is 32.3. The molecule has 10 saturated heterocycles. The summed E-state index contributed by atoms with van der Waals surface area (Å²) in [6, 6.07) is 37.6. The van der Waals surface area contributed by atoms with Gasteiger partial charge in [0.25, 0.3) is 0 Å². The lowest BCUT2D eigenvalue weighted by molar-refractivity contribution is -0.143. The smallest absolute Gasteiger partial charge is 0.437 e. The van der Waals surface area contributed by atoms with Crippen LogP contribution >= 0.6 is 34.0 Å². The van der Waals surface area contributed by atoms with E-state index >= 15 is 0 Å². The number of Topliss-reactive ketones (excluding diaryl/α,β-unsaturated/α-hetero) is 1. The lowest BCUT2D eigenvalue weighted by Gasteiger charge is -2.29. The number of amides is 14. The third-order valence-electron chi connectivity index (χ3n) is 23.8. The van der Waals surface area contributed by atoms with E-state index in [-0.39, 0.29) is 116 Å². The number of hydrazine groups is 1. The van der Waals surface area contributed by atoms with Crippen LogP contribution in [0.25, 0.3) is 0 Å². The van der Waals surface area contributed by atoms with Crippen molar-refractivity contribution in [2.24, 2.45) is 27.3 Å². The summed E-state index contributed by atoms with van der Waals surface area (Å²) in [4.78, 5) is 170. The van der Waals surface area contributed by atoms with Gasteiger partial charge >= 0.3 is 58.7 Å². The molecule has 52 heteroatoms. The second-order valence-corrected chi connectivity index (χ2v) is 40.8. The number of rotatable bonds is 27. The van der Waals surface area contributed by atoms with Gasteiger partial charge in [-0.15, -0.1) is 39.9 Å². The number of hydrogen-bond acceptors (Lipinski definition) is 32. The number of aliphatic imine (C=N–C) groups is 2. The van der Waals surface area contributed by atoms with E-state index in [1.54, 1.807) is 99.2 Å². The highest BCUT2D eigenvalue weighted by molar-refractivity contribution is 7.80. The SMILES string of the molecule is CC(C)(C)OC(=O)N=C(NC(=O)OC(C)(C)C)n1cccn1.CCC(=O)CNC(=O)[C@@H]1CC[C@@H]2CN1C(=O)N2OCc1ccccc1.CCC(=O)NN.CCc1nnc([C@@H]2CC[C@@H]3CN2C(=O)N3OCc2ccccc2)s1.CCc1nnc([C@@H]2CC[C@@H]3CN2C(=O)N3OCc2ccccc2)s1.NC(N)=NCc1nnc([C@@H]2CC[C@@H]3CN2C(=O)N3OS(=O)(=O)O)s1.O=C(O)[C@@H]1CC[C@@H]2CN1C(=O)N2OCc1ccccc1. The Bertz CT molecular complexity index is 5750. The molecule has 0 saturated carbocycles. The molecule has 0 unspecified atom stereocenters. The molecule has 10 atom stereocenters. The first-order chi connectivity index (χ1) is 69.3. The predicted molar refractivity (Wildman–Crippen MR) is 525 cm³/mol. The van der Waals surface area contributed by atoms with Crippen molar-refractivity contribution in [1.29, 1.82) is 0 Å². The Morgan fingerprint density at radius 2 is 0.841 bits per heavy atom. The monoisotopic (exact) mass is 2080 g/mol. The second kappa shape index (κ2) is 51.4. The van der Waals surface area contributed by atoms with Gasteiger partial charge in [0.2, 0.25) is 17.8 Å². The average molecular weight is 2090 g/mol. The minimum atomic E-state index is -4.76. The lowest BCUT2D eigenvalue weighted by Crippen LogP contribution is -2.50. The van der Waals surface area contributed by atoms with Gasteiger partial charge in [0.05, 0.1) is 61.4 Å². The van der Waals surface area contributed by atoms with Crippen LogP contribution in [0.5, 0.6) is 0 Å². The average Bonchev–Trinajstić information content (AvgIpc) is 1.61. The normalized spacial score (nSPS) is 21.1. The maximum Gasteiger partial charge on any atom is 0.437 e. The second-order valence-electron chi connectivity index (χ2n) is 36.5. The van der Waals surface area contributed by atoms with E-state index in [1.807, 2.05) is 137 Å². The first kappa shape index (κ1) is 110. The molecule has 4 aromatic heterocycles. The third kappa shape index (κ3) is 30.8. The molecule has 782 valence electrons. The van der Waals surface area contributed by atoms with Gasteiger partial charge in [-0.05, 0) is 147 Å². The Morgan fingerprint density at radius 1 is 0.476 bits per heavy atom. The number of carbonyl (C=O) groups excluding carboxylic acids is 10.